The Labute approximate surface area is 323 Å². The minimum Gasteiger partial charge on any atom is -0.453 e. The largest absolute Gasteiger partial charge is 0.453 e. The Morgan fingerprint density at radius 3 is 1.82 bits per heavy atom. The van der Waals surface area contributed by atoms with E-state index in [1.54, 1.807) is 16.0 Å². The molecule has 5 heterocycles. The van der Waals surface area contributed by atoms with Gasteiger partial charge in [-0.2, -0.15) is 0 Å². The van der Waals surface area contributed by atoms with Crippen molar-refractivity contribution in [2.24, 2.45) is 11.8 Å². The zero-order chi connectivity index (χ0) is 40.1. The number of carbonyl (C=O) groups is 5. The average Bonchev–Trinajstić information content (AvgIpc) is 4.04. The molecule has 0 radical (unpaired) electrons. The van der Waals surface area contributed by atoms with E-state index in [4.69, 9.17) is 9.47 Å². The first kappa shape index (κ1) is 39.5. The molecule has 0 spiro atoms. The first-order valence-electron chi connectivity index (χ1n) is 18.7. The second-order valence-electron chi connectivity index (χ2n) is 14.6. The summed E-state index contributed by atoms with van der Waals surface area (Å²) in [5.74, 6) is 0.374. The second-order valence-corrected chi connectivity index (χ2v) is 14.6. The number of alkyl carbamates (subject to hydrolysis) is 2. The van der Waals surface area contributed by atoms with Crippen molar-refractivity contribution in [1.82, 2.24) is 50.3 Å². The molecule has 0 bridgehead atoms. The summed E-state index contributed by atoms with van der Waals surface area (Å²) in [6.45, 7) is 8.50. The molecule has 0 aliphatic carbocycles. The van der Waals surface area contributed by atoms with E-state index in [9.17, 15) is 24.0 Å². The maximum atomic E-state index is 13.7. The van der Waals surface area contributed by atoms with Crippen LogP contribution in [0.2, 0.25) is 0 Å². The summed E-state index contributed by atoms with van der Waals surface area (Å²) in [5.41, 5.74) is 2.77. The summed E-state index contributed by atoms with van der Waals surface area (Å²) in [4.78, 5) is 90.9. The van der Waals surface area contributed by atoms with Crippen LogP contribution in [-0.2, 0) is 19.1 Å². The maximum Gasteiger partial charge on any atom is 0.407 e. The standard InChI is InChI=1S/C38H49N11O7/c1-20(2)28(46-37(53)55-5)35(51)48-15-7-9-26(48)32-39-17-24(44-32)22-11-13-23(14-12-22)43-34-30(41-19-42-34)31(50)25-18-40-33(45-25)27-10-8-16-49(27)36(52)29(21(3)4)47-38(54)56-6/h11-14,17-21,26-29,43H,7-10,15-16H2,1-6H3,(H,39,44)(H,40,45)(H,41,42)(H,46,53)(H,47,54). The van der Waals surface area contributed by atoms with E-state index in [2.05, 4.69) is 45.9 Å². The zero-order valence-corrected chi connectivity index (χ0v) is 32.3. The van der Waals surface area contributed by atoms with E-state index in [0.717, 1.165) is 30.5 Å². The number of carbonyl (C=O) groups excluding carboxylic acids is 5. The van der Waals surface area contributed by atoms with Crippen LogP contribution in [0.1, 0.15) is 93.3 Å². The van der Waals surface area contributed by atoms with Crippen LogP contribution in [0.4, 0.5) is 21.1 Å². The van der Waals surface area contributed by atoms with E-state index < -0.39 is 24.3 Å². The molecule has 6 rings (SSSR count). The third-order valence-electron chi connectivity index (χ3n) is 10.2. The van der Waals surface area contributed by atoms with Gasteiger partial charge in [-0.3, -0.25) is 14.4 Å². The number of nitrogens with one attached hydrogen (secondary N) is 6. The molecular formula is C38H49N11O7. The Morgan fingerprint density at radius 1 is 0.750 bits per heavy atom. The quantitative estimate of drug-likeness (QED) is 0.103. The Balaban J connectivity index is 1.10. The summed E-state index contributed by atoms with van der Waals surface area (Å²) in [6.07, 6.45) is 6.23. The van der Waals surface area contributed by atoms with Crippen LogP contribution in [0.25, 0.3) is 11.3 Å². The normalized spacial score (nSPS) is 17.9. The van der Waals surface area contributed by atoms with Crippen molar-refractivity contribution in [1.29, 1.82) is 0 Å². The molecule has 56 heavy (non-hydrogen) atoms. The number of rotatable bonds is 13. The molecule has 298 valence electrons. The lowest BCUT2D eigenvalue weighted by atomic mass is 10.0. The van der Waals surface area contributed by atoms with Gasteiger partial charge in [-0.1, -0.05) is 39.8 Å². The predicted molar refractivity (Wildman–Crippen MR) is 204 cm³/mol. The lowest BCUT2D eigenvalue weighted by molar-refractivity contribution is -0.136. The molecule has 2 aliphatic heterocycles. The number of hydrogen-bond acceptors (Lipinski definition) is 11. The van der Waals surface area contributed by atoms with Gasteiger partial charge in [-0.05, 0) is 55.2 Å². The molecule has 2 saturated heterocycles. The number of methoxy groups -OCH3 is 2. The fourth-order valence-corrected chi connectivity index (χ4v) is 7.23. The third-order valence-corrected chi connectivity index (χ3v) is 10.2. The average molecular weight is 772 g/mol. The number of imidazole rings is 3. The molecule has 3 aromatic heterocycles. The molecule has 4 amide bonds. The molecular weight excluding hydrogens is 722 g/mol. The minimum atomic E-state index is -0.772. The number of likely N-dealkylation sites (tertiary alicyclic amines) is 2. The van der Waals surface area contributed by atoms with Crippen molar-refractivity contribution >= 4 is 41.3 Å². The number of aromatic nitrogens is 6. The summed E-state index contributed by atoms with van der Waals surface area (Å²) >= 11 is 0. The molecule has 4 aromatic rings. The number of amides is 4. The molecule has 18 nitrogen and oxygen atoms in total. The molecule has 4 atom stereocenters. The highest BCUT2D eigenvalue weighted by molar-refractivity contribution is 6.09. The zero-order valence-electron chi connectivity index (χ0n) is 32.3. The molecule has 2 aliphatic rings. The van der Waals surface area contributed by atoms with Crippen LogP contribution in [0.3, 0.4) is 0 Å². The first-order valence-corrected chi connectivity index (χ1v) is 18.7. The molecule has 1 aromatic carbocycles. The summed E-state index contributed by atoms with van der Waals surface area (Å²) in [7, 11) is 2.52. The fraction of sp³-hybridized carbons (Fsp3) is 0.474. The van der Waals surface area contributed by atoms with Gasteiger partial charge >= 0.3 is 12.2 Å². The summed E-state index contributed by atoms with van der Waals surface area (Å²) < 4.78 is 9.46. The van der Waals surface area contributed by atoms with Crippen LogP contribution in [0, 0.1) is 11.8 Å². The predicted octanol–water partition coefficient (Wildman–Crippen LogP) is 4.59. The minimum absolute atomic E-state index is 0.134. The van der Waals surface area contributed by atoms with Crippen molar-refractivity contribution < 1.29 is 33.4 Å². The van der Waals surface area contributed by atoms with Crippen LogP contribution >= 0.6 is 0 Å². The number of H-pyrrole nitrogens is 3. The highest BCUT2D eigenvalue weighted by Gasteiger charge is 2.39. The molecule has 2 fully saturated rings. The van der Waals surface area contributed by atoms with Gasteiger partial charge in [-0.15, -0.1) is 0 Å². The van der Waals surface area contributed by atoms with Crippen LogP contribution in [0.5, 0.6) is 0 Å². The SMILES string of the molecule is COC(=O)NC(C(=O)N1CCCC1c1ncc(C(=O)c2[nH]cnc2Nc2ccc(-c3cnc(C4CCCN4C(=O)C(NC(=O)OC)C(C)C)[nH]3)cc2)[nH]1)C(C)C. The number of ether oxygens (including phenoxy) is 2. The van der Waals surface area contributed by atoms with Gasteiger partial charge in [0.2, 0.25) is 17.6 Å². The van der Waals surface area contributed by atoms with E-state index >= 15 is 0 Å². The van der Waals surface area contributed by atoms with Crippen molar-refractivity contribution in [2.75, 3.05) is 32.6 Å². The van der Waals surface area contributed by atoms with Gasteiger partial charge in [0.25, 0.3) is 0 Å². The number of nitrogens with zero attached hydrogens (tertiary/aromatic N) is 5. The van der Waals surface area contributed by atoms with Gasteiger partial charge in [-0.25, -0.2) is 24.5 Å². The van der Waals surface area contributed by atoms with E-state index in [-0.39, 0.29) is 52.9 Å². The van der Waals surface area contributed by atoms with Crippen molar-refractivity contribution in [3.8, 4) is 11.3 Å². The second kappa shape index (κ2) is 17.1. The van der Waals surface area contributed by atoms with Crippen molar-refractivity contribution in [3.05, 3.63) is 66.0 Å². The third kappa shape index (κ3) is 8.38. The van der Waals surface area contributed by atoms with Gasteiger partial charge < -0.3 is 50.2 Å². The van der Waals surface area contributed by atoms with Crippen molar-refractivity contribution in [2.45, 2.75) is 77.5 Å². The van der Waals surface area contributed by atoms with E-state index in [1.807, 2.05) is 52.0 Å². The Hall–Kier alpha value is -6.20. The molecule has 18 heteroatoms. The van der Waals surface area contributed by atoms with Crippen LogP contribution < -0.4 is 16.0 Å². The molecule has 4 unspecified atom stereocenters. The van der Waals surface area contributed by atoms with E-state index in [1.165, 1.54) is 26.7 Å². The first-order chi connectivity index (χ1) is 26.9. The number of aromatic amines is 3. The molecule has 0 saturated carbocycles. The number of benzene rings is 1. The van der Waals surface area contributed by atoms with Gasteiger partial charge in [0.15, 0.2) is 5.82 Å². The lowest BCUT2D eigenvalue weighted by Crippen LogP contribution is -2.51. The van der Waals surface area contributed by atoms with E-state index in [0.29, 0.717) is 42.7 Å². The number of hydrogen-bond donors (Lipinski definition) is 6. The Bertz CT molecular complexity index is 2040. The summed E-state index contributed by atoms with van der Waals surface area (Å²) in [6, 6.07) is 5.38. The smallest absolute Gasteiger partial charge is 0.407 e. The lowest BCUT2D eigenvalue weighted by Gasteiger charge is -2.30. The summed E-state index contributed by atoms with van der Waals surface area (Å²) in [5, 5.41) is 8.52. The maximum absolute atomic E-state index is 13.7. The number of ketones is 1. The van der Waals surface area contributed by atoms with Gasteiger partial charge in [0, 0.05) is 18.8 Å². The molecule has 6 N–H and O–H groups in total. The van der Waals surface area contributed by atoms with Crippen LogP contribution in [0.15, 0.2) is 43.0 Å². The fourth-order valence-electron chi connectivity index (χ4n) is 7.23. The van der Waals surface area contributed by atoms with Gasteiger partial charge in [0.05, 0.1) is 50.7 Å². The van der Waals surface area contributed by atoms with Gasteiger partial charge in [0.1, 0.15) is 35.1 Å². The highest BCUT2D eigenvalue weighted by atomic mass is 16.5. The monoisotopic (exact) mass is 771 g/mol. The Morgan fingerprint density at radius 2 is 1.29 bits per heavy atom. The van der Waals surface area contributed by atoms with Crippen molar-refractivity contribution in [3.63, 3.8) is 0 Å². The highest BCUT2D eigenvalue weighted by Crippen LogP contribution is 2.34. The number of anilines is 2. The van der Waals surface area contributed by atoms with Crippen LogP contribution in [-0.4, -0.2) is 109 Å². The Kier molecular flexibility index (Phi) is 12.0. The topological polar surface area (TPSA) is 232 Å².